The molecule has 4 nitrogen and oxygen atoms in total. The number of hydrogen-bond donors (Lipinski definition) is 0. The minimum Gasteiger partial charge on any atom is -0.490 e. The first-order valence-corrected chi connectivity index (χ1v) is 10.2. The zero-order chi connectivity index (χ0) is 20.2. The molecular weight excluding hydrogens is 359 g/mol. The van der Waals surface area contributed by atoms with Crippen LogP contribution in [-0.4, -0.2) is 19.8 Å². The molecule has 0 aliphatic carbocycles. The lowest BCUT2D eigenvalue weighted by atomic mass is 10.1. The van der Waals surface area contributed by atoms with Crippen LogP contribution in [0.4, 0.5) is 4.39 Å². The predicted molar refractivity (Wildman–Crippen MR) is 111 cm³/mol. The van der Waals surface area contributed by atoms with E-state index in [9.17, 15) is 9.18 Å². The number of unbranched alkanes of at least 4 members (excludes halogenated alkanes) is 5. The lowest BCUT2D eigenvalue weighted by Gasteiger charge is -2.09. The Bertz CT molecular complexity index is 797. The molecule has 0 saturated carbocycles. The Hall–Kier alpha value is -2.14. The summed E-state index contributed by atoms with van der Waals surface area (Å²) < 4.78 is 30.9. The van der Waals surface area contributed by atoms with E-state index < -0.39 is 11.4 Å². The first-order valence-electron chi connectivity index (χ1n) is 10.2. The Morgan fingerprint density at radius 2 is 1.79 bits per heavy atom. The zero-order valence-corrected chi connectivity index (χ0v) is 16.8. The Morgan fingerprint density at radius 1 is 1.07 bits per heavy atom. The van der Waals surface area contributed by atoms with Gasteiger partial charge in [-0.1, -0.05) is 38.3 Å². The molecular formula is C23H31FO4. The number of benzene rings is 1. The molecule has 0 atom stereocenters. The van der Waals surface area contributed by atoms with Gasteiger partial charge in [0.25, 0.3) is 0 Å². The average molecular weight is 390 g/mol. The zero-order valence-electron chi connectivity index (χ0n) is 16.8. The van der Waals surface area contributed by atoms with Gasteiger partial charge in [0.1, 0.15) is 11.1 Å². The molecule has 0 spiro atoms. The van der Waals surface area contributed by atoms with E-state index in [-0.39, 0.29) is 11.1 Å². The van der Waals surface area contributed by atoms with Crippen LogP contribution in [0.2, 0.25) is 0 Å². The summed E-state index contributed by atoms with van der Waals surface area (Å²) in [6.45, 7) is 7.86. The van der Waals surface area contributed by atoms with E-state index in [0.717, 1.165) is 45.3 Å². The molecule has 2 rings (SSSR count). The summed E-state index contributed by atoms with van der Waals surface area (Å²) in [4.78, 5) is 12.1. The molecule has 0 fully saturated rings. The summed E-state index contributed by atoms with van der Waals surface area (Å²) in [6, 6.07) is 4.92. The van der Waals surface area contributed by atoms with Crippen LogP contribution in [0.25, 0.3) is 10.8 Å². The van der Waals surface area contributed by atoms with Gasteiger partial charge < -0.3 is 13.9 Å². The van der Waals surface area contributed by atoms with Crippen LogP contribution in [0, 0.1) is 5.82 Å². The number of halogens is 1. The van der Waals surface area contributed by atoms with E-state index in [1.54, 1.807) is 24.3 Å². The van der Waals surface area contributed by atoms with Gasteiger partial charge in [-0.05, 0) is 43.2 Å². The SMILES string of the molecule is C=CCc1cc2ccc(OCCCCCCOCCCCC)c(F)c2c(=O)o1. The second-order valence-electron chi connectivity index (χ2n) is 6.92. The van der Waals surface area contributed by atoms with Crippen molar-refractivity contribution in [3.63, 3.8) is 0 Å². The van der Waals surface area contributed by atoms with E-state index in [4.69, 9.17) is 13.9 Å². The summed E-state index contributed by atoms with van der Waals surface area (Å²) in [5.74, 6) is -0.0951. The third-order valence-electron chi connectivity index (χ3n) is 4.56. The van der Waals surface area contributed by atoms with Crippen LogP contribution in [0.1, 0.15) is 57.6 Å². The fourth-order valence-electron chi connectivity index (χ4n) is 3.03. The van der Waals surface area contributed by atoms with Crippen LogP contribution >= 0.6 is 0 Å². The van der Waals surface area contributed by atoms with Gasteiger partial charge in [0.2, 0.25) is 0 Å². The Balaban J connectivity index is 1.75. The molecule has 2 aromatic rings. The first kappa shape index (κ1) is 22.2. The molecule has 1 heterocycles. The molecule has 0 saturated heterocycles. The maximum absolute atomic E-state index is 14.6. The number of fused-ring (bicyclic) bond motifs is 1. The van der Waals surface area contributed by atoms with Crippen molar-refractivity contribution in [1.29, 1.82) is 0 Å². The molecule has 0 aliphatic heterocycles. The predicted octanol–water partition coefficient (Wildman–Crippen LogP) is 5.81. The molecule has 0 bridgehead atoms. The average Bonchev–Trinajstić information content (AvgIpc) is 2.67. The maximum atomic E-state index is 14.6. The van der Waals surface area contributed by atoms with Crippen molar-refractivity contribution in [2.45, 2.75) is 58.3 Å². The van der Waals surface area contributed by atoms with Crippen molar-refractivity contribution in [3.8, 4) is 5.75 Å². The number of ether oxygens (including phenoxy) is 2. The fourth-order valence-corrected chi connectivity index (χ4v) is 3.03. The summed E-state index contributed by atoms with van der Waals surface area (Å²) in [7, 11) is 0. The third-order valence-corrected chi connectivity index (χ3v) is 4.56. The molecule has 1 aromatic carbocycles. The highest BCUT2D eigenvalue weighted by molar-refractivity contribution is 5.83. The van der Waals surface area contributed by atoms with Gasteiger partial charge in [-0.15, -0.1) is 6.58 Å². The normalized spacial score (nSPS) is 11.1. The van der Waals surface area contributed by atoms with E-state index in [0.29, 0.717) is 24.2 Å². The van der Waals surface area contributed by atoms with Gasteiger partial charge in [-0.2, -0.15) is 0 Å². The minimum atomic E-state index is -0.684. The van der Waals surface area contributed by atoms with Crippen molar-refractivity contribution >= 4 is 10.8 Å². The van der Waals surface area contributed by atoms with E-state index in [1.165, 1.54) is 12.8 Å². The number of hydrogen-bond acceptors (Lipinski definition) is 4. The largest absolute Gasteiger partial charge is 0.490 e. The summed E-state index contributed by atoms with van der Waals surface area (Å²) in [6.07, 6.45) is 9.56. The van der Waals surface area contributed by atoms with E-state index in [2.05, 4.69) is 13.5 Å². The van der Waals surface area contributed by atoms with Crippen molar-refractivity contribution in [3.05, 3.63) is 52.9 Å². The fraction of sp³-hybridized carbons (Fsp3) is 0.522. The highest BCUT2D eigenvalue weighted by atomic mass is 19.1. The van der Waals surface area contributed by atoms with Crippen molar-refractivity contribution < 1.29 is 18.3 Å². The summed E-state index contributed by atoms with van der Waals surface area (Å²) >= 11 is 0. The van der Waals surface area contributed by atoms with Gasteiger partial charge in [0.05, 0.1) is 6.61 Å². The van der Waals surface area contributed by atoms with Crippen LogP contribution in [0.3, 0.4) is 0 Å². The van der Waals surface area contributed by atoms with Crippen molar-refractivity contribution in [1.82, 2.24) is 0 Å². The molecule has 0 unspecified atom stereocenters. The van der Waals surface area contributed by atoms with Gasteiger partial charge in [0, 0.05) is 19.6 Å². The van der Waals surface area contributed by atoms with E-state index in [1.807, 2.05) is 0 Å². The quantitative estimate of drug-likeness (QED) is 0.302. The molecule has 28 heavy (non-hydrogen) atoms. The molecule has 0 radical (unpaired) electrons. The van der Waals surface area contributed by atoms with Crippen molar-refractivity contribution in [2.24, 2.45) is 0 Å². The lowest BCUT2D eigenvalue weighted by molar-refractivity contribution is 0.125. The topological polar surface area (TPSA) is 48.7 Å². The van der Waals surface area contributed by atoms with Crippen LogP contribution < -0.4 is 10.4 Å². The molecule has 1 aromatic heterocycles. The van der Waals surface area contributed by atoms with Crippen LogP contribution in [-0.2, 0) is 11.2 Å². The van der Waals surface area contributed by atoms with Crippen LogP contribution in [0.5, 0.6) is 5.75 Å². The highest BCUT2D eigenvalue weighted by Crippen LogP contribution is 2.25. The third kappa shape index (κ3) is 6.79. The summed E-state index contributed by atoms with van der Waals surface area (Å²) in [5, 5.41) is 0.447. The van der Waals surface area contributed by atoms with E-state index >= 15 is 0 Å². The second kappa shape index (κ2) is 12.3. The lowest BCUT2D eigenvalue weighted by Crippen LogP contribution is -2.07. The molecule has 154 valence electrons. The number of allylic oxidation sites excluding steroid dienone is 1. The Labute approximate surface area is 166 Å². The summed E-state index contributed by atoms with van der Waals surface area (Å²) in [5.41, 5.74) is -0.684. The van der Waals surface area contributed by atoms with Gasteiger partial charge in [-0.25, -0.2) is 9.18 Å². The first-order chi connectivity index (χ1) is 13.7. The maximum Gasteiger partial charge on any atom is 0.346 e. The van der Waals surface area contributed by atoms with Gasteiger partial charge >= 0.3 is 5.63 Å². The van der Waals surface area contributed by atoms with Crippen LogP contribution in [0.15, 0.2) is 40.1 Å². The monoisotopic (exact) mass is 390 g/mol. The molecule has 0 aliphatic rings. The standard InChI is InChI=1S/C23H31FO4/c1-3-5-8-14-26-15-9-6-7-10-16-27-20-13-12-18-17-19(11-4-2)28-23(25)21(18)22(20)24/h4,12-13,17H,2-3,5-11,14-16H2,1H3. The highest BCUT2D eigenvalue weighted by Gasteiger charge is 2.14. The smallest absolute Gasteiger partial charge is 0.346 e. The molecule has 0 N–H and O–H groups in total. The Kier molecular flexibility index (Phi) is 9.77. The second-order valence-corrected chi connectivity index (χ2v) is 6.92. The van der Waals surface area contributed by atoms with Gasteiger partial charge in [0.15, 0.2) is 11.6 Å². The molecule has 0 amide bonds. The number of rotatable bonds is 14. The van der Waals surface area contributed by atoms with Gasteiger partial charge in [-0.3, -0.25) is 0 Å². The Morgan fingerprint density at radius 3 is 2.50 bits per heavy atom. The molecule has 5 heteroatoms. The minimum absolute atomic E-state index is 0.0643. The van der Waals surface area contributed by atoms with Crippen molar-refractivity contribution in [2.75, 3.05) is 19.8 Å².